The summed E-state index contributed by atoms with van der Waals surface area (Å²) in [4.78, 5) is 17.2. The Balaban J connectivity index is 1.22. The van der Waals surface area contributed by atoms with Crippen molar-refractivity contribution in [3.8, 4) is 6.01 Å². The number of benzene rings is 2. The van der Waals surface area contributed by atoms with Crippen LogP contribution >= 0.6 is 0 Å². The summed E-state index contributed by atoms with van der Waals surface area (Å²) in [6.45, 7) is 5.22. The third-order valence-electron chi connectivity index (χ3n) is 8.78. The number of anilines is 2. The molecule has 3 saturated heterocycles. The minimum absolute atomic E-state index is 0.206. The van der Waals surface area contributed by atoms with E-state index in [1.807, 2.05) is 12.1 Å². The van der Waals surface area contributed by atoms with E-state index in [0.717, 1.165) is 67.0 Å². The van der Waals surface area contributed by atoms with E-state index in [0.29, 0.717) is 37.3 Å². The number of likely N-dealkylation sites (N-methyl/N-ethyl adjacent to an activating group) is 1. The zero-order valence-electron chi connectivity index (χ0n) is 21.5. The maximum atomic E-state index is 14.2. The van der Waals surface area contributed by atoms with Crippen molar-refractivity contribution >= 4 is 22.3 Å². The maximum absolute atomic E-state index is 14.2. The first-order chi connectivity index (χ1) is 18.1. The summed E-state index contributed by atoms with van der Waals surface area (Å²) in [5.74, 6) is 0.852. The van der Waals surface area contributed by atoms with Gasteiger partial charge in [0, 0.05) is 54.4 Å². The number of nitrogens with zero attached hydrogens (tertiary/aromatic N) is 5. The number of fused-ring (bicyclic) bond motifs is 4. The first-order valence-electron chi connectivity index (χ1n) is 13.8. The molecule has 8 heteroatoms. The Bertz CT molecular complexity index is 1310. The van der Waals surface area contributed by atoms with Crippen LogP contribution in [0.1, 0.15) is 36.9 Å². The Morgan fingerprint density at radius 1 is 1.03 bits per heavy atom. The summed E-state index contributed by atoms with van der Waals surface area (Å²) in [6.07, 6.45) is 5.70. The van der Waals surface area contributed by atoms with Crippen LogP contribution in [0.5, 0.6) is 6.01 Å². The number of halogens is 1. The van der Waals surface area contributed by atoms with Gasteiger partial charge in [-0.1, -0.05) is 18.2 Å². The third kappa shape index (κ3) is 4.40. The second-order valence-corrected chi connectivity index (χ2v) is 11.2. The molecule has 1 N–H and O–H groups in total. The van der Waals surface area contributed by atoms with E-state index in [4.69, 9.17) is 14.7 Å². The number of rotatable bonds is 5. The zero-order chi connectivity index (χ0) is 24.9. The molecular formula is C29H35FN6O. The lowest BCUT2D eigenvalue weighted by Gasteiger charge is -2.37. The number of piperazine rings is 1. The summed E-state index contributed by atoms with van der Waals surface area (Å²) < 4.78 is 20.5. The molecule has 4 aliphatic rings. The van der Waals surface area contributed by atoms with Gasteiger partial charge in [0.15, 0.2) is 0 Å². The van der Waals surface area contributed by atoms with E-state index in [1.165, 1.54) is 30.9 Å². The molecule has 1 aromatic heterocycles. The van der Waals surface area contributed by atoms with Gasteiger partial charge in [0.25, 0.3) is 0 Å². The standard InChI is InChI=1S/C29H35FN6O/c1-34-12-3-5-23(34)18-37-29-32-26-17-35(27-6-2-4-19-7-8-20(30)14-25(19)27)13-11-24(26)28(33-29)36-15-21-9-10-22(16-36)31-21/h2,4,6-8,14,21-23,31H,3,5,9-13,15-18H2,1H3/t21?,22?,23-/m0/s1. The van der Waals surface area contributed by atoms with Gasteiger partial charge < -0.3 is 24.8 Å². The molecule has 3 atom stereocenters. The van der Waals surface area contributed by atoms with Crippen molar-refractivity contribution in [2.75, 3.05) is 49.6 Å². The topological polar surface area (TPSA) is 56.8 Å². The first kappa shape index (κ1) is 23.2. The molecule has 2 aromatic carbocycles. The maximum Gasteiger partial charge on any atom is 0.318 e. The van der Waals surface area contributed by atoms with Crippen LogP contribution in [0.3, 0.4) is 0 Å². The van der Waals surface area contributed by atoms with E-state index in [-0.39, 0.29) is 5.82 Å². The average molecular weight is 503 g/mol. The number of aromatic nitrogens is 2. The van der Waals surface area contributed by atoms with Gasteiger partial charge in [0.1, 0.15) is 18.2 Å². The smallest absolute Gasteiger partial charge is 0.318 e. The van der Waals surface area contributed by atoms with Crippen LogP contribution in [0, 0.1) is 5.82 Å². The van der Waals surface area contributed by atoms with Crippen molar-refractivity contribution in [3.05, 3.63) is 53.5 Å². The number of hydrogen-bond donors (Lipinski definition) is 1. The van der Waals surface area contributed by atoms with Gasteiger partial charge >= 0.3 is 6.01 Å². The molecule has 194 valence electrons. The largest absolute Gasteiger partial charge is 0.462 e. The second-order valence-electron chi connectivity index (χ2n) is 11.2. The highest BCUT2D eigenvalue weighted by Crippen LogP contribution is 2.35. The average Bonchev–Trinajstić information content (AvgIpc) is 3.49. The second kappa shape index (κ2) is 9.40. The lowest BCUT2D eigenvalue weighted by Crippen LogP contribution is -2.52. The minimum atomic E-state index is -0.206. The molecule has 0 spiro atoms. The van der Waals surface area contributed by atoms with Crippen LogP contribution in [-0.4, -0.2) is 72.8 Å². The van der Waals surface area contributed by atoms with Crippen LogP contribution in [0.15, 0.2) is 36.4 Å². The van der Waals surface area contributed by atoms with Crippen molar-refractivity contribution in [1.82, 2.24) is 20.2 Å². The molecule has 7 nitrogen and oxygen atoms in total. The van der Waals surface area contributed by atoms with Gasteiger partial charge in [-0.15, -0.1) is 0 Å². The number of nitrogens with one attached hydrogen (secondary N) is 1. The van der Waals surface area contributed by atoms with Gasteiger partial charge in [-0.3, -0.25) is 0 Å². The van der Waals surface area contributed by atoms with Gasteiger partial charge in [0.05, 0.1) is 12.2 Å². The Morgan fingerprint density at radius 3 is 2.70 bits per heavy atom. The predicted octanol–water partition coefficient (Wildman–Crippen LogP) is 3.75. The van der Waals surface area contributed by atoms with Crippen molar-refractivity contribution in [3.63, 3.8) is 0 Å². The molecule has 2 unspecified atom stereocenters. The fourth-order valence-corrected chi connectivity index (χ4v) is 6.75. The van der Waals surface area contributed by atoms with Crippen LogP contribution in [0.25, 0.3) is 10.8 Å². The fraction of sp³-hybridized carbons (Fsp3) is 0.517. The van der Waals surface area contributed by atoms with Crippen LogP contribution in [0.4, 0.5) is 15.9 Å². The highest BCUT2D eigenvalue weighted by Gasteiger charge is 2.35. The van der Waals surface area contributed by atoms with E-state index < -0.39 is 0 Å². The molecule has 3 aromatic rings. The fourth-order valence-electron chi connectivity index (χ4n) is 6.75. The quantitative estimate of drug-likeness (QED) is 0.570. The Labute approximate surface area is 217 Å². The van der Waals surface area contributed by atoms with Crippen LogP contribution in [-0.2, 0) is 13.0 Å². The Hall–Kier alpha value is -2.97. The van der Waals surface area contributed by atoms with Crippen molar-refractivity contribution in [1.29, 1.82) is 0 Å². The Morgan fingerprint density at radius 2 is 1.89 bits per heavy atom. The number of likely N-dealkylation sites (tertiary alicyclic amines) is 1. The van der Waals surface area contributed by atoms with E-state index in [2.05, 4.69) is 39.2 Å². The normalized spacial score (nSPS) is 25.6. The summed E-state index contributed by atoms with van der Waals surface area (Å²) in [6, 6.07) is 13.2. The van der Waals surface area contributed by atoms with E-state index in [9.17, 15) is 4.39 Å². The molecule has 7 rings (SSSR count). The van der Waals surface area contributed by atoms with E-state index >= 15 is 0 Å². The van der Waals surface area contributed by atoms with Crippen molar-refractivity contribution in [2.45, 2.75) is 56.8 Å². The molecule has 0 amide bonds. The zero-order valence-corrected chi connectivity index (χ0v) is 21.5. The highest BCUT2D eigenvalue weighted by atomic mass is 19.1. The van der Waals surface area contributed by atoms with E-state index in [1.54, 1.807) is 6.07 Å². The minimum Gasteiger partial charge on any atom is -0.462 e. The van der Waals surface area contributed by atoms with Crippen molar-refractivity contribution < 1.29 is 9.13 Å². The lowest BCUT2D eigenvalue weighted by atomic mass is 10.0. The lowest BCUT2D eigenvalue weighted by molar-refractivity contribution is 0.187. The number of hydrogen-bond acceptors (Lipinski definition) is 7. The van der Waals surface area contributed by atoms with Gasteiger partial charge in [-0.2, -0.15) is 9.97 Å². The SMILES string of the molecule is CN1CCC[C@H]1COc1nc2c(c(N3CC4CCC(C3)N4)n1)CCN(c1cccc3ccc(F)cc13)C2. The van der Waals surface area contributed by atoms with Gasteiger partial charge in [0.2, 0.25) is 0 Å². The Kier molecular flexibility index (Phi) is 5.89. The molecule has 5 heterocycles. The molecule has 2 bridgehead atoms. The molecule has 3 fully saturated rings. The molecule has 0 aliphatic carbocycles. The van der Waals surface area contributed by atoms with Gasteiger partial charge in [-0.05, 0) is 69.3 Å². The summed E-state index contributed by atoms with van der Waals surface area (Å²) in [5.41, 5.74) is 3.33. The monoisotopic (exact) mass is 502 g/mol. The van der Waals surface area contributed by atoms with Crippen LogP contribution in [0.2, 0.25) is 0 Å². The summed E-state index contributed by atoms with van der Waals surface area (Å²) in [5, 5.41) is 5.74. The van der Waals surface area contributed by atoms with Crippen LogP contribution < -0.4 is 19.9 Å². The molecule has 4 aliphatic heterocycles. The van der Waals surface area contributed by atoms with Crippen molar-refractivity contribution in [2.24, 2.45) is 0 Å². The number of ether oxygens (including phenoxy) is 1. The molecule has 0 radical (unpaired) electrons. The van der Waals surface area contributed by atoms with Gasteiger partial charge in [-0.25, -0.2) is 4.39 Å². The third-order valence-corrected chi connectivity index (χ3v) is 8.78. The predicted molar refractivity (Wildman–Crippen MR) is 144 cm³/mol. The molecular weight excluding hydrogens is 467 g/mol. The summed E-state index contributed by atoms with van der Waals surface area (Å²) in [7, 11) is 2.17. The molecule has 37 heavy (non-hydrogen) atoms. The molecule has 0 saturated carbocycles. The highest BCUT2D eigenvalue weighted by molar-refractivity contribution is 5.94. The first-order valence-corrected chi connectivity index (χ1v) is 13.8. The summed E-state index contributed by atoms with van der Waals surface area (Å²) >= 11 is 0.